The maximum absolute atomic E-state index is 9.09. The SMILES string of the molecule is CC(CO)(CO)C1CCCC1. The van der Waals surface area contributed by atoms with Crippen LogP contribution in [0.4, 0.5) is 0 Å². The Labute approximate surface area is 68.2 Å². The molecule has 0 radical (unpaired) electrons. The summed E-state index contributed by atoms with van der Waals surface area (Å²) in [6.07, 6.45) is 4.88. The lowest BCUT2D eigenvalue weighted by Gasteiger charge is -2.31. The number of rotatable bonds is 3. The first-order chi connectivity index (χ1) is 5.23. The van der Waals surface area contributed by atoms with Crippen LogP contribution in [-0.4, -0.2) is 23.4 Å². The molecule has 1 fully saturated rings. The van der Waals surface area contributed by atoms with E-state index in [2.05, 4.69) is 0 Å². The van der Waals surface area contributed by atoms with Crippen LogP contribution in [0, 0.1) is 11.3 Å². The number of hydrogen-bond donors (Lipinski definition) is 2. The van der Waals surface area contributed by atoms with E-state index in [1.807, 2.05) is 6.92 Å². The minimum absolute atomic E-state index is 0.119. The molecule has 2 heteroatoms. The number of aliphatic hydroxyl groups is 2. The summed E-state index contributed by atoms with van der Waals surface area (Å²) in [5.41, 5.74) is -0.226. The third kappa shape index (κ3) is 1.74. The second-order valence-electron chi connectivity index (χ2n) is 3.95. The minimum Gasteiger partial charge on any atom is -0.396 e. The van der Waals surface area contributed by atoms with Gasteiger partial charge in [0.2, 0.25) is 0 Å². The van der Waals surface area contributed by atoms with Crippen molar-refractivity contribution < 1.29 is 10.2 Å². The van der Waals surface area contributed by atoms with Gasteiger partial charge in [-0.15, -0.1) is 0 Å². The standard InChI is InChI=1S/C9H18O2/c1-9(6-10,7-11)8-4-2-3-5-8/h8,10-11H,2-7H2,1H3. The van der Waals surface area contributed by atoms with Crippen LogP contribution in [-0.2, 0) is 0 Å². The zero-order chi connectivity index (χ0) is 8.32. The first-order valence-corrected chi connectivity index (χ1v) is 4.44. The molecule has 2 nitrogen and oxygen atoms in total. The summed E-state index contributed by atoms with van der Waals surface area (Å²) in [7, 11) is 0. The van der Waals surface area contributed by atoms with E-state index in [1.54, 1.807) is 0 Å². The summed E-state index contributed by atoms with van der Waals surface area (Å²) in [6, 6.07) is 0. The van der Waals surface area contributed by atoms with Crippen molar-refractivity contribution >= 4 is 0 Å². The topological polar surface area (TPSA) is 40.5 Å². The maximum Gasteiger partial charge on any atom is 0.0509 e. The van der Waals surface area contributed by atoms with Crippen molar-refractivity contribution in [2.45, 2.75) is 32.6 Å². The van der Waals surface area contributed by atoms with Crippen molar-refractivity contribution in [2.75, 3.05) is 13.2 Å². The molecule has 2 N–H and O–H groups in total. The molecule has 1 saturated carbocycles. The summed E-state index contributed by atoms with van der Waals surface area (Å²) < 4.78 is 0. The van der Waals surface area contributed by atoms with Crippen molar-refractivity contribution in [3.63, 3.8) is 0 Å². The summed E-state index contributed by atoms with van der Waals surface area (Å²) in [4.78, 5) is 0. The van der Waals surface area contributed by atoms with E-state index in [0.717, 1.165) is 0 Å². The van der Waals surface area contributed by atoms with Gasteiger partial charge in [0.15, 0.2) is 0 Å². The van der Waals surface area contributed by atoms with Crippen LogP contribution in [0.1, 0.15) is 32.6 Å². The zero-order valence-electron chi connectivity index (χ0n) is 7.21. The molecule has 0 spiro atoms. The molecular formula is C9H18O2. The Morgan fingerprint density at radius 2 is 1.64 bits per heavy atom. The Bertz CT molecular complexity index is 113. The fourth-order valence-electron chi connectivity index (χ4n) is 1.93. The summed E-state index contributed by atoms with van der Waals surface area (Å²) in [5, 5.41) is 18.2. The highest BCUT2D eigenvalue weighted by atomic mass is 16.3. The normalized spacial score (nSPS) is 21.0. The molecule has 0 saturated heterocycles. The van der Waals surface area contributed by atoms with Gasteiger partial charge in [-0.2, -0.15) is 0 Å². The molecule has 0 aromatic carbocycles. The van der Waals surface area contributed by atoms with Gasteiger partial charge in [0, 0.05) is 5.41 Å². The second-order valence-corrected chi connectivity index (χ2v) is 3.95. The van der Waals surface area contributed by atoms with Gasteiger partial charge in [-0.3, -0.25) is 0 Å². The van der Waals surface area contributed by atoms with Gasteiger partial charge in [0.25, 0.3) is 0 Å². The van der Waals surface area contributed by atoms with E-state index in [0.29, 0.717) is 5.92 Å². The Kier molecular flexibility index (Phi) is 2.90. The Hall–Kier alpha value is -0.0800. The maximum atomic E-state index is 9.09. The molecule has 1 aliphatic rings. The molecule has 0 bridgehead atoms. The lowest BCUT2D eigenvalue weighted by Crippen LogP contribution is -2.33. The van der Waals surface area contributed by atoms with E-state index >= 15 is 0 Å². The molecule has 66 valence electrons. The van der Waals surface area contributed by atoms with Crippen molar-refractivity contribution in [3.05, 3.63) is 0 Å². The molecule has 0 aromatic rings. The highest BCUT2D eigenvalue weighted by molar-refractivity contribution is 4.84. The van der Waals surface area contributed by atoms with E-state index in [4.69, 9.17) is 10.2 Å². The molecule has 1 rings (SSSR count). The van der Waals surface area contributed by atoms with Crippen LogP contribution in [0.15, 0.2) is 0 Å². The molecule has 0 aromatic heterocycles. The first kappa shape index (κ1) is 9.01. The van der Waals surface area contributed by atoms with Crippen LogP contribution in [0.2, 0.25) is 0 Å². The van der Waals surface area contributed by atoms with Gasteiger partial charge in [-0.25, -0.2) is 0 Å². The molecule has 11 heavy (non-hydrogen) atoms. The Morgan fingerprint density at radius 1 is 1.18 bits per heavy atom. The van der Waals surface area contributed by atoms with Gasteiger partial charge in [-0.1, -0.05) is 19.8 Å². The van der Waals surface area contributed by atoms with E-state index in [-0.39, 0.29) is 18.6 Å². The van der Waals surface area contributed by atoms with Gasteiger partial charge >= 0.3 is 0 Å². The predicted molar refractivity (Wildman–Crippen MR) is 44.2 cm³/mol. The van der Waals surface area contributed by atoms with Crippen molar-refractivity contribution in [3.8, 4) is 0 Å². The van der Waals surface area contributed by atoms with Gasteiger partial charge in [0.1, 0.15) is 0 Å². The van der Waals surface area contributed by atoms with E-state index in [9.17, 15) is 0 Å². The number of hydrogen-bond acceptors (Lipinski definition) is 2. The van der Waals surface area contributed by atoms with Crippen LogP contribution in [0.3, 0.4) is 0 Å². The van der Waals surface area contributed by atoms with Crippen molar-refractivity contribution in [1.82, 2.24) is 0 Å². The summed E-state index contributed by atoms with van der Waals surface area (Å²) in [5.74, 6) is 0.539. The summed E-state index contributed by atoms with van der Waals surface area (Å²) >= 11 is 0. The molecule has 0 amide bonds. The molecule has 1 aliphatic carbocycles. The quantitative estimate of drug-likeness (QED) is 0.647. The van der Waals surface area contributed by atoms with Crippen LogP contribution in [0.25, 0.3) is 0 Å². The first-order valence-electron chi connectivity index (χ1n) is 4.44. The van der Waals surface area contributed by atoms with Crippen molar-refractivity contribution in [2.24, 2.45) is 11.3 Å². The minimum atomic E-state index is -0.226. The average molecular weight is 158 g/mol. The lowest BCUT2D eigenvalue weighted by molar-refractivity contribution is 0.0214. The van der Waals surface area contributed by atoms with Gasteiger partial charge in [-0.05, 0) is 18.8 Å². The monoisotopic (exact) mass is 158 g/mol. The molecule has 0 heterocycles. The van der Waals surface area contributed by atoms with Gasteiger partial charge in [0.05, 0.1) is 13.2 Å². The van der Waals surface area contributed by atoms with Crippen molar-refractivity contribution in [1.29, 1.82) is 0 Å². The molecule has 0 aliphatic heterocycles. The van der Waals surface area contributed by atoms with Crippen LogP contribution < -0.4 is 0 Å². The fourth-order valence-corrected chi connectivity index (χ4v) is 1.93. The third-order valence-corrected chi connectivity index (χ3v) is 3.06. The average Bonchev–Trinajstić information content (AvgIpc) is 2.55. The smallest absolute Gasteiger partial charge is 0.0509 e. The molecule has 0 unspecified atom stereocenters. The largest absolute Gasteiger partial charge is 0.396 e. The predicted octanol–water partition coefficient (Wildman–Crippen LogP) is 1.17. The zero-order valence-corrected chi connectivity index (χ0v) is 7.21. The van der Waals surface area contributed by atoms with Crippen LogP contribution >= 0.6 is 0 Å². The lowest BCUT2D eigenvalue weighted by atomic mass is 9.77. The number of aliphatic hydroxyl groups excluding tert-OH is 2. The highest BCUT2D eigenvalue weighted by Crippen LogP contribution is 2.38. The van der Waals surface area contributed by atoms with Crippen LogP contribution in [0.5, 0.6) is 0 Å². The Balaban J connectivity index is 2.52. The fraction of sp³-hybridized carbons (Fsp3) is 1.00. The Morgan fingerprint density at radius 3 is 2.00 bits per heavy atom. The van der Waals surface area contributed by atoms with E-state index in [1.165, 1.54) is 25.7 Å². The van der Waals surface area contributed by atoms with E-state index < -0.39 is 0 Å². The highest BCUT2D eigenvalue weighted by Gasteiger charge is 2.34. The van der Waals surface area contributed by atoms with Gasteiger partial charge < -0.3 is 10.2 Å². The second kappa shape index (κ2) is 3.55. The molecular weight excluding hydrogens is 140 g/mol. The molecule has 0 atom stereocenters. The summed E-state index contributed by atoms with van der Waals surface area (Å²) in [6.45, 7) is 2.21. The third-order valence-electron chi connectivity index (χ3n) is 3.06.